The number of aromatic nitrogens is 2. The van der Waals surface area contributed by atoms with Crippen LogP contribution in [0.1, 0.15) is 25.7 Å². The number of halogens is 1. The lowest BCUT2D eigenvalue weighted by atomic mass is 10.1. The SMILES string of the molecule is O=C(CC1CCCCO1)Nc1cc2c(=O)[nH]cnc2cc1F. The van der Waals surface area contributed by atoms with Crippen LogP contribution in [0.4, 0.5) is 10.1 Å². The van der Waals surface area contributed by atoms with Crippen molar-refractivity contribution >= 4 is 22.5 Å². The highest BCUT2D eigenvalue weighted by Gasteiger charge is 2.19. The Morgan fingerprint density at radius 2 is 2.32 bits per heavy atom. The minimum absolute atomic E-state index is 0.0215. The van der Waals surface area contributed by atoms with Crippen LogP contribution in [0.5, 0.6) is 0 Å². The summed E-state index contributed by atoms with van der Waals surface area (Å²) < 4.78 is 19.5. The molecule has 1 unspecified atom stereocenters. The number of hydrogen-bond donors (Lipinski definition) is 2. The van der Waals surface area contributed by atoms with E-state index in [1.165, 1.54) is 12.4 Å². The van der Waals surface area contributed by atoms with E-state index in [9.17, 15) is 14.0 Å². The molecule has 1 amide bonds. The number of benzene rings is 1. The molecule has 1 atom stereocenters. The van der Waals surface area contributed by atoms with Crippen molar-refractivity contribution in [2.45, 2.75) is 31.8 Å². The van der Waals surface area contributed by atoms with Crippen LogP contribution in [-0.2, 0) is 9.53 Å². The molecule has 2 N–H and O–H groups in total. The predicted molar refractivity (Wildman–Crippen MR) is 79.2 cm³/mol. The average molecular weight is 305 g/mol. The number of carbonyl (C=O) groups is 1. The summed E-state index contributed by atoms with van der Waals surface area (Å²) in [6.45, 7) is 0.656. The molecule has 1 saturated heterocycles. The second kappa shape index (κ2) is 6.23. The summed E-state index contributed by atoms with van der Waals surface area (Å²) in [6, 6.07) is 2.44. The number of fused-ring (bicyclic) bond motifs is 1. The van der Waals surface area contributed by atoms with Crippen LogP contribution in [0.3, 0.4) is 0 Å². The van der Waals surface area contributed by atoms with E-state index in [4.69, 9.17) is 4.74 Å². The van der Waals surface area contributed by atoms with Gasteiger partial charge in [0, 0.05) is 12.7 Å². The molecule has 2 aromatic rings. The van der Waals surface area contributed by atoms with Crippen molar-refractivity contribution in [1.29, 1.82) is 0 Å². The van der Waals surface area contributed by atoms with Gasteiger partial charge in [0.1, 0.15) is 5.82 Å². The summed E-state index contributed by atoms with van der Waals surface area (Å²) in [5.74, 6) is -0.950. The second-order valence-electron chi connectivity index (χ2n) is 5.32. The van der Waals surface area contributed by atoms with Gasteiger partial charge in [0.25, 0.3) is 5.56 Å². The highest BCUT2D eigenvalue weighted by atomic mass is 19.1. The quantitative estimate of drug-likeness (QED) is 0.908. The Morgan fingerprint density at radius 3 is 3.09 bits per heavy atom. The van der Waals surface area contributed by atoms with Crippen molar-refractivity contribution in [2.24, 2.45) is 0 Å². The standard InChI is InChI=1S/C15H16FN3O3/c16-11-7-12-10(15(21)18-8-17-12)6-13(11)19-14(20)5-9-3-1-2-4-22-9/h6-9H,1-5H2,(H,19,20)(H,17,18,21). The van der Waals surface area contributed by atoms with Gasteiger partial charge < -0.3 is 15.0 Å². The topological polar surface area (TPSA) is 84.1 Å². The number of ether oxygens (including phenoxy) is 1. The molecule has 0 radical (unpaired) electrons. The fraction of sp³-hybridized carbons (Fsp3) is 0.400. The van der Waals surface area contributed by atoms with Gasteiger partial charge in [-0.15, -0.1) is 0 Å². The van der Waals surface area contributed by atoms with E-state index in [-0.39, 0.29) is 40.6 Å². The number of hydrogen-bond acceptors (Lipinski definition) is 4. The summed E-state index contributed by atoms with van der Waals surface area (Å²) in [4.78, 5) is 30.0. The van der Waals surface area contributed by atoms with Crippen LogP contribution in [0, 0.1) is 5.82 Å². The van der Waals surface area contributed by atoms with Gasteiger partial charge in [0.05, 0.1) is 35.4 Å². The normalized spacial score (nSPS) is 18.3. The summed E-state index contributed by atoms with van der Waals surface area (Å²) in [7, 11) is 0. The van der Waals surface area contributed by atoms with Crippen LogP contribution in [0.15, 0.2) is 23.3 Å². The van der Waals surface area contributed by atoms with Gasteiger partial charge in [-0.25, -0.2) is 9.37 Å². The lowest BCUT2D eigenvalue weighted by Gasteiger charge is -2.22. The Hall–Kier alpha value is -2.28. The fourth-order valence-electron chi connectivity index (χ4n) is 2.56. The molecule has 0 aliphatic carbocycles. The molecule has 2 heterocycles. The molecular formula is C15H16FN3O3. The number of aromatic amines is 1. The van der Waals surface area contributed by atoms with Gasteiger partial charge in [0.2, 0.25) is 5.91 Å². The molecule has 1 aromatic heterocycles. The van der Waals surface area contributed by atoms with Crippen molar-refractivity contribution < 1.29 is 13.9 Å². The Labute approximate surface area is 125 Å². The van der Waals surface area contributed by atoms with E-state index in [2.05, 4.69) is 15.3 Å². The molecule has 6 nitrogen and oxygen atoms in total. The van der Waals surface area contributed by atoms with Crippen molar-refractivity contribution in [2.75, 3.05) is 11.9 Å². The first-order valence-electron chi connectivity index (χ1n) is 7.22. The summed E-state index contributed by atoms with van der Waals surface area (Å²) in [5, 5.41) is 2.73. The van der Waals surface area contributed by atoms with Gasteiger partial charge >= 0.3 is 0 Å². The van der Waals surface area contributed by atoms with Crippen LogP contribution in [0.2, 0.25) is 0 Å². The Bertz CT molecular complexity index is 753. The number of nitrogens with one attached hydrogen (secondary N) is 2. The number of nitrogens with zero attached hydrogens (tertiary/aromatic N) is 1. The highest BCUT2D eigenvalue weighted by Crippen LogP contribution is 2.21. The van der Waals surface area contributed by atoms with Crippen LogP contribution >= 0.6 is 0 Å². The van der Waals surface area contributed by atoms with Crippen LogP contribution in [-0.4, -0.2) is 28.6 Å². The van der Waals surface area contributed by atoms with Gasteiger partial charge in [-0.1, -0.05) is 0 Å². The first-order chi connectivity index (χ1) is 10.6. The molecule has 0 bridgehead atoms. The zero-order chi connectivity index (χ0) is 15.5. The maximum Gasteiger partial charge on any atom is 0.258 e. The third-order valence-electron chi connectivity index (χ3n) is 3.69. The number of amides is 1. The fourth-order valence-corrected chi connectivity index (χ4v) is 2.56. The molecule has 116 valence electrons. The Balaban J connectivity index is 1.78. The highest BCUT2D eigenvalue weighted by molar-refractivity contribution is 5.93. The van der Waals surface area contributed by atoms with Crippen molar-refractivity contribution in [1.82, 2.24) is 9.97 Å². The lowest BCUT2D eigenvalue weighted by Crippen LogP contribution is -2.26. The summed E-state index contributed by atoms with van der Waals surface area (Å²) >= 11 is 0. The van der Waals surface area contributed by atoms with E-state index in [0.717, 1.165) is 25.3 Å². The largest absolute Gasteiger partial charge is 0.378 e. The number of rotatable bonds is 3. The number of anilines is 1. The first kappa shape index (κ1) is 14.6. The van der Waals surface area contributed by atoms with Crippen molar-refractivity contribution in [3.05, 3.63) is 34.6 Å². The van der Waals surface area contributed by atoms with Crippen molar-refractivity contribution in [3.8, 4) is 0 Å². The van der Waals surface area contributed by atoms with E-state index in [1.54, 1.807) is 0 Å². The third kappa shape index (κ3) is 3.14. The zero-order valence-electron chi connectivity index (χ0n) is 11.9. The molecule has 1 fully saturated rings. The third-order valence-corrected chi connectivity index (χ3v) is 3.69. The smallest absolute Gasteiger partial charge is 0.258 e. The molecule has 0 spiro atoms. The predicted octanol–water partition coefficient (Wildman–Crippen LogP) is 1.96. The van der Waals surface area contributed by atoms with Gasteiger partial charge in [0.15, 0.2) is 0 Å². The molecule has 3 rings (SSSR count). The molecule has 1 aliphatic rings. The Morgan fingerprint density at radius 1 is 1.45 bits per heavy atom. The minimum atomic E-state index is -0.622. The molecular weight excluding hydrogens is 289 g/mol. The Kier molecular flexibility index (Phi) is 4.15. The van der Waals surface area contributed by atoms with E-state index in [0.29, 0.717) is 6.61 Å². The monoisotopic (exact) mass is 305 g/mol. The van der Waals surface area contributed by atoms with E-state index < -0.39 is 5.82 Å². The average Bonchev–Trinajstić information content (AvgIpc) is 2.50. The first-order valence-corrected chi connectivity index (χ1v) is 7.22. The zero-order valence-corrected chi connectivity index (χ0v) is 11.9. The minimum Gasteiger partial charge on any atom is -0.378 e. The summed E-state index contributed by atoms with van der Waals surface area (Å²) in [5.41, 5.74) is -0.155. The van der Waals surface area contributed by atoms with Crippen molar-refractivity contribution in [3.63, 3.8) is 0 Å². The number of carbonyl (C=O) groups excluding carboxylic acids is 1. The maximum atomic E-state index is 14.0. The molecule has 22 heavy (non-hydrogen) atoms. The lowest BCUT2D eigenvalue weighted by molar-refractivity contribution is -0.119. The van der Waals surface area contributed by atoms with Gasteiger partial charge in [-0.3, -0.25) is 9.59 Å². The van der Waals surface area contributed by atoms with Gasteiger partial charge in [-0.2, -0.15) is 0 Å². The van der Waals surface area contributed by atoms with E-state index >= 15 is 0 Å². The maximum absolute atomic E-state index is 14.0. The van der Waals surface area contributed by atoms with Crippen LogP contribution in [0.25, 0.3) is 10.9 Å². The number of H-pyrrole nitrogens is 1. The molecule has 0 saturated carbocycles. The molecule has 1 aromatic carbocycles. The molecule has 7 heteroatoms. The summed E-state index contributed by atoms with van der Waals surface area (Å²) in [6.07, 6.45) is 4.14. The van der Waals surface area contributed by atoms with E-state index in [1.807, 2.05) is 0 Å². The molecule has 1 aliphatic heterocycles. The second-order valence-corrected chi connectivity index (χ2v) is 5.32. The van der Waals surface area contributed by atoms with Gasteiger partial charge in [-0.05, 0) is 25.3 Å². The van der Waals surface area contributed by atoms with Crippen LogP contribution < -0.4 is 10.9 Å².